The van der Waals surface area contributed by atoms with Gasteiger partial charge in [0.05, 0.1) is 18.8 Å². The van der Waals surface area contributed by atoms with E-state index in [2.05, 4.69) is 53.2 Å². The number of unbranched alkanes of at least 4 members (excludes halogenated alkanes) is 6. The lowest BCUT2D eigenvalue weighted by atomic mass is 9.96. The number of carbonyl (C=O) groups excluding carboxylic acids is 14. The number of rotatable bonds is 25. The summed E-state index contributed by atoms with van der Waals surface area (Å²) in [4.78, 5) is 227. The SMILES string of the molecule is CCCCCCCCC1NC(=O)C(CCC(=O)O)NC(=O)C2CCCN2C(=O)C(C(C)O)NC(=O)C(CCCCN)NC(=O)C(CCC(N)=O)NC(=O)C2CCCN2C(=O)C2CCCN2C(=O)C(C(C)CC)NC(=O)C(CO)NC(=O)C(C)NC(=O)C(C(C)O)NC(=O)C(CCC(=O)O)NC1=O. The van der Waals surface area contributed by atoms with Gasteiger partial charge in [-0.05, 0) is 117 Å². The molecule has 4 fully saturated rings. The second-order valence-electron chi connectivity index (χ2n) is 26.9. The number of aliphatic carboxylic acids is 2. The number of nitrogens with zero attached hydrogens (tertiary/aromatic N) is 3. The van der Waals surface area contributed by atoms with Gasteiger partial charge in [0.2, 0.25) is 82.7 Å². The lowest BCUT2D eigenvalue weighted by molar-refractivity contribution is -0.149. The predicted molar refractivity (Wildman–Crippen MR) is 362 cm³/mol. The Bertz CT molecular complexity index is 2960. The number of carboxylic acid groups (broad SMARTS) is 2. The van der Waals surface area contributed by atoms with Crippen LogP contribution >= 0.6 is 0 Å². The van der Waals surface area contributed by atoms with Crippen LogP contribution in [0.15, 0.2) is 0 Å². The lowest BCUT2D eigenvalue weighted by Crippen LogP contribution is -2.62. The molecule has 4 saturated heterocycles. The molecule has 36 heteroatoms. The quantitative estimate of drug-likeness (QED) is 0.0383. The molecule has 19 N–H and O–H groups in total. The van der Waals surface area contributed by atoms with E-state index in [0.717, 1.165) is 38.0 Å². The van der Waals surface area contributed by atoms with Gasteiger partial charge in [0, 0.05) is 38.9 Å². The van der Waals surface area contributed by atoms with Gasteiger partial charge in [0.15, 0.2) is 0 Å². The molecule has 0 radical (unpaired) electrons. The molecule has 0 saturated carbocycles. The molecule has 0 bridgehead atoms. The second kappa shape index (κ2) is 42.7. The Morgan fingerprint density at radius 3 is 1.24 bits per heavy atom. The van der Waals surface area contributed by atoms with Gasteiger partial charge >= 0.3 is 11.9 Å². The molecule has 102 heavy (non-hydrogen) atoms. The maximum Gasteiger partial charge on any atom is 0.303 e. The monoisotopic (exact) mass is 1450 g/mol. The van der Waals surface area contributed by atoms with Crippen molar-refractivity contribution in [2.24, 2.45) is 17.4 Å². The van der Waals surface area contributed by atoms with Crippen LogP contribution in [0.3, 0.4) is 0 Å². The van der Waals surface area contributed by atoms with Crippen molar-refractivity contribution in [3.8, 4) is 0 Å². The van der Waals surface area contributed by atoms with Crippen molar-refractivity contribution in [3.63, 3.8) is 0 Å². The minimum atomic E-state index is -1.93. The molecule has 16 atom stereocenters. The van der Waals surface area contributed by atoms with E-state index in [0.29, 0.717) is 32.1 Å². The van der Waals surface area contributed by atoms with Crippen LogP contribution in [0.1, 0.15) is 189 Å². The Morgan fingerprint density at radius 2 is 0.794 bits per heavy atom. The number of nitrogens with two attached hydrogens (primary N) is 2. The van der Waals surface area contributed by atoms with Crippen molar-refractivity contribution in [2.45, 2.75) is 280 Å². The standard InChI is InChI=1S/C66H109N15O21/c1-7-9-10-11-12-13-19-39-55(91)72-43(26-29-50(88)89)59(95)77-52(37(5)83)63(99)69-36(4)54(90)75-44(34-82)60(96)76-51(35(3)8-2)65(101)81-33-18-23-47(81)64(100)79-31-16-21-45(79)61(97)73-41(24-27-48(68)85)56(92)71-40(20-14-15-30-67)58(94)78-53(38(6)84)66(102)80-32-17-22-46(80)62(98)74-42(57(93)70-39)25-28-49(86)87/h35-47,51-53,82-84H,7-34,67H2,1-6H3,(H2,68,85)(H,69,99)(H,70,93)(H,71,92)(H,72,91)(H,73,97)(H,74,98)(H,75,90)(H,76,96)(H,77,95)(H,78,94)(H,86,87)(H,88,89). The molecule has 4 aliphatic rings. The summed E-state index contributed by atoms with van der Waals surface area (Å²) in [5.74, 6) is -17.3. The van der Waals surface area contributed by atoms with E-state index < -0.39 is 236 Å². The zero-order valence-electron chi connectivity index (χ0n) is 59.3. The van der Waals surface area contributed by atoms with Crippen LogP contribution in [0.25, 0.3) is 0 Å². The van der Waals surface area contributed by atoms with Crippen LogP contribution in [0, 0.1) is 5.92 Å². The van der Waals surface area contributed by atoms with E-state index in [4.69, 9.17) is 11.5 Å². The first-order chi connectivity index (χ1) is 48.3. The number of nitrogens with one attached hydrogen (secondary N) is 10. The average Bonchev–Trinajstić information content (AvgIpc) is 1.63. The highest BCUT2D eigenvalue weighted by Crippen LogP contribution is 2.28. The smallest absolute Gasteiger partial charge is 0.303 e. The van der Waals surface area contributed by atoms with E-state index in [-0.39, 0.29) is 84.0 Å². The Kier molecular flexibility index (Phi) is 35.9. The summed E-state index contributed by atoms with van der Waals surface area (Å²) in [6.07, 6.45) is -1.43. The van der Waals surface area contributed by atoms with Gasteiger partial charge in [0.1, 0.15) is 78.5 Å². The first kappa shape index (κ1) is 85.8. The fraction of sp³-hybridized carbons (Fsp3) is 0.758. The molecule has 4 heterocycles. The average molecular weight is 1450 g/mol. The number of hydrogen-bond acceptors (Lipinski definition) is 20. The third kappa shape index (κ3) is 26.0. The normalized spacial score (nSPS) is 28.1. The number of amides is 14. The number of aliphatic hydroxyl groups excluding tert-OH is 3. The molecule has 574 valence electrons. The van der Waals surface area contributed by atoms with Crippen LogP contribution in [0.2, 0.25) is 0 Å². The number of hydrogen-bond donors (Lipinski definition) is 17. The molecular formula is C66H109N15O21. The summed E-state index contributed by atoms with van der Waals surface area (Å²) in [5.41, 5.74) is 11.3. The van der Waals surface area contributed by atoms with Gasteiger partial charge in [0.25, 0.3) is 0 Å². The van der Waals surface area contributed by atoms with E-state index in [1.54, 1.807) is 13.8 Å². The molecule has 0 aromatic carbocycles. The topological polar surface area (TPSA) is 556 Å². The number of carboxylic acids is 2. The van der Waals surface area contributed by atoms with E-state index in [1.807, 2.05) is 6.92 Å². The maximum atomic E-state index is 14.7. The minimum absolute atomic E-state index is 0.0263. The first-order valence-electron chi connectivity index (χ1n) is 35.6. The molecule has 16 unspecified atom stereocenters. The summed E-state index contributed by atoms with van der Waals surface area (Å²) >= 11 is 0. The Hall–Kier alpha value is -8.64. The van der Waals surface area contributed by atoms with E-state index >= 15 is 0 Å². The van der Waals surface area contributed by atoms with Gasteiger partial charge in [-0.1, -0.05) is 65.7 Å². The van der Waals surface area contributed by atoms with Gasteiger partial charge in [-0.25, -0.2) is 0 Å². The van der Waals surface area contributed by atoms with Crippen molar-refractivity contribution in [1.82, 2.24) is 67.9 Å². The van der Waals surface area contributed by atoms with Gasteiger partial charge in [-0.3, -0.25) is 76.7 Å². The first-order valence-corrected chi connectivity index (χ1v) is 35.6. The fourth-order valence-electron chi connectivity index (χ4n) is 12.7. The van der Waals surface area contributed by atoms with Crippen LogP contribution in [-0.2, 0) is 76.7 Å². The molecule has 0 aliphatic carbocycles. The zero-order valence-corrected chi connectivity index (χ0v) is 59.3. The third-order valence-corrected chi connectivity index (χ3v) is 18.9. The zero-order chi connectivity index (χ0) is 76.1. The van der Waals surface area contributed by atoms with Crippen LogP contribution in [0.4, 0.5) is 0 Å². The number of carbonyl (C=O) groups is 16. The third-order valence-electron chi connectivity index (χ3n) is 18.9. The van der Waals surface area contributed by atoms with Crippen LogP contribution in [0.5, 0.6) is 0 Å². The highest BCUT2D eigenvalue weighted by atomic mass is 16.4. The maximum absolute atomic E-state index is 14.7. The molecule has 14 amide bonds. The van der Waals surface area contributed by atoms with Crippen molar-refractivity contribution in [3.05, 3.63) is 0 Å². The highest BCUT2D eigenvalue weighted by molar-refractivity contribution is 6.01. The fourth-order valence-corrected chi connectivity index (χ4v) is 12.7. The van der Waals surface area contributed by atoms with Crippen molar-refractivity contribution < 1.29 is 102 Å². The predicted octanol–water partition coefficient (Wildman–Crippen LogP) is -4.48. The number of primary amides is 1. The van der Waals surface area contributed by atoms with E-state index in [1.165, 1.54) is 16.7 Å². The van der Waals surface area contributed by atoms with Gasteiger partial charge in [-0.15, -0.1) is 0 Å². The molecular weight excluding hydrogens is 1340 g/mol. The Balaban J connectivity index is 1.83. The summed E-state index contributed by atoms with van der Waals surface area (Å²) < 4.78 is 0. The molecule has 0 spiro atoms. The summed E-state index contributed by atoms with van der Waals surface area (Å²) in [6.45, 7) is 7.77. The van der Waals surface area contributed by atoms with Crippen LogP contribution in [-0.4, -0.2) is 258 Å². The molecule has 0 aromatic rings. The van der Waals surface area contributed by atoms with Crippen molar-refractivity contribution in [2.75, 3.05) is 32.8 Å². The van der Waals surface area contributed by atoms with Crippen LogP contribution < -0.4 is 64.6 Å². The number of aliphatic hydroxyl groups is 3. The summed E-state index contributed by atoms with van der Waals surface area (Å²) in [7, 11) is 0. The molecule has 4 rings (SSSR count). The van der Waals surface area contributed by atoms with Crippen molar-refractivity contribution >= 4 is 94.6 Å². The lowest BCUT2D eigenvalue weighted by Gasteiger charge is -2.35. The van der Waals surface area contributed by atoms with Gasteiger partial charge in [-0.2, -0.15) is 0 Å². The van der Waals surface area contributed by atoms with Gasteiger partial charge < -0.3 is 105 Å². The van der Waals surface area contributed by atoms with Crippen molar-refractivity contribution in [1.29, 1.82) is 0 Å². The highest BCUT2D eigenvalue weighted by Gasteiger charge is 2.47. The second-order valence-corrected chi connectivity index (χ2v) is 26.9. The Labute approximate surface area is 592 Å². The number of fused-ring (bicyclic) bond motifs is 3. The summed E-state index contributed by atoms with van der Waals surface area (Å²) in [6, 6.07) is -20.5. The summed E-state index contributed by atoms with van der Waals surface area (Å²) in [5, 5.41) is 76.7. The molecule has 4 aliphatic heterocycles. The molecule has 36 nitrogen and oxygen atoms in total. The molecule has 0 aromatic heterocycles. The van der Waals surface area contributed by atoms with E-state index in [9.17, 15) is 102 Å². The largest absolute Gasteiger partial charge is 0.481 e. The Morgan fingerprint density at radius 1 is 0.431 bits per heavy atom. The minimum Gasteiger partial charge on any atom is -0.481 e.